The lowest BCUT2D eigenvalue weighted by Gasteiger charge is -2.24. The van der Waals surface area contributed by atoms with Crippen LogP contribution >= 0.6 is 0 Å². The highest BCUT2D eigenvalue weighted by Gasteiger charge is 2.23. The van der Waals surface area contributed by atoms with Crippen LogP contribution in [-0.2, 0) is 0 Å². The Kier molecular flexibility index (Phi) is 5.23. The van der Waals surface area contributed by atoms with E-state index in [4.69, 9.17) is 10.5 Å². The second kappa shape index (κ2) is 6.94. The molecule has 0 fully saturated rings. The molecule has 116 valence electrons. The molecule has 1 aromatic carbocycles. The quantitative estimate of drug-likeness (QED) is 0.820. The minimum absolute atomic E-state index is 0.0844. The van der Waals surface area contributed by atoms with Crippen molar-refractivity contribution in [1.82, 2.24) is 4.90 Å². The normalized spacial score (nSPS) is 15.4. The fourth-order valence-corrected chi connectivity index (χ4v) is 2.53. The van der Waals surface area contributed by atoms with E-state index < -0.39 is 0 Å². The predicted molar refractivity (Wildman–Crippen MR) is 84.5 cm³/mol. The summed E-state index contributed by atoms with van der Waals surface area (Å²) in [5.41, 5.74) is 6.62. The monoisotopic (exact) mass is 290 g/mol. The summed E-state index contributed by atoms with van der Waals surface area (Å²) < 4.78 is 5.65. The Morgan fingerprint density at radius 1 is 1.29 bits per heavy atom. The molecule has 0 saturated carbocycles. The molecule has 21 heavy (non-hydrogen) atoms. The van der Waals surface area contributed by atoms with E-state index in [1.165, 1.54) is 0 Å². The number of nitrogens with zero attached hydrogens (tertiary/aromatic N) is 1. The van der Waals surface area contributed by atoms with Crippen molar-refractivity contribution in [3.63, 3.8) is 0 Å². The number of para-hydroxylation sites is 1. The summed E-state index contributed by atoms with van der Waals surface area (Å²) in [6, 6.07) is 7.48. The van der Waals surface area contributed by atoms with Gasteiger partial charge in [-0.05, 0) is 36.9 Å². The lowest BCUT2D eigenvalue weighted by molar-refractivity contribution is 0.0751. The van der Waals surface area contributed by atoms with Crippen LogP contribution in [0.2, 0.25) is 0 Å². The average Bonchev–Trinajstić information content (AvgIpc) is 2.64. The molecule has 0 aromatic heterocycles. The van der Waals surface area contributed by atoms with Gasteiger partial charge in [0.2, 0.25) is 0 Å². The number of ether oxygens (including phenoxy) is 1. The predicted octanol–water partition coefficient (Wildman–Crippen LogP) is 2.68. The van der Waals surface area contributed by atoms with Gasteiger partial charge in [-0.1, -0.05) is 32.4 Å². The fraction of sp³-hybridized carbons (Fsp3) is 0.588. The number of carbonyl (C=O) groups is 1. The maximum atomic E-state index is 12.5. The number of fused-ring (bicyclic) bond motifs is 1. The topological polar surface area (TPSA) is 55.6 Å². The number of benzene rings is 1. The van der Waals surface area contributed by atoms with Crippen molar-refractivity contribution in [2.75, 3.05) is 26.2 Å². The smallest absolute Gasteiger partial charge is 0.257 e. The first-order valence-electron chi connectivity index (χ1n) is 7.75. The van der Waals surface area contributed by atoms with Crippen LogP contribution in [0.4, 0.5) is 0 Å². The van der Waals surface area contributed by atoms with Crippen LogP contribution in [0.25, 0.3) is 0 Å². The van der Waals surface area contributed by atoms with E-state index in [0.717, 1.165) is 25.8 Å². The maximum Gasteiger partial charge on any atom is 0.257 e. The molecule has 1 aliphatic rings. The number of amides is 1. The third-order valence-corrected chi connectivity index (χ3v) is 4.11. The Labute approximate surface area is 127 Å². The van der Waals surface area contributed by atoms with Gasteiger partial charge in [0.1, 0.15) is 12.4 Å². The fourth-order valence-electron chi connectivity index (χ4n) is 2.53. The summed E-state index contributed by atoms with van der Waals surface area (Å²) >= 11 is 0. The van der Waals surface area contributed by atoms with Crippen molar-refractivity contribution in [3.8, 4) is 5.75 Å². The van der Waals surface area contributed by atoms with E-state index in [1.54, 1.807) is 0 Å². The highest BCUT2D eigenvalue weighted by molar-refractivity contribution is 5.97. The molecule has 0 bridgehead atoms. The molecule has 1 amide bonds. The van der Waals surface area contributed by atoms with Crippen LogP contribution in [0, 0.1) is 5.41 Å². The van der Waals surface area contributed by atoms with Crippen molar-refractivity contribution < 1.29 is 9.53 Å². The van der Waals surface area contributed by atoms with E-state index in [2.05, 4.69) is 13.8 Å². The Morgan fingerprint density at radius 3 is 2.81 bits per heavy atom. The van der Waals surface area contributed by atoms with Crippen molar-refractivity contribution >= 4 is 5.91 Å². The van der Waals surface area contributed by atoms with Gasteiger partial charge < -0.3 is 15.4 Å². The van der Waals surface area contributed by atoms with Gasteiger partial charge in [-0.2, -0.15) is 0 Å². The molecule has 0 spiro atoms. The lowest BCUT2D eigenvalue weighted by atomic mass is 9.87. The number of hydrogen-bond acceptors (Lipinski definition) is 3. The minimum atomic E-state index is 0.0844. The van der Waals surface area contributed by atoms with Gasteiger partial charge in [-0.25, -0.2) is 0 Å². The van der Waals surface area contributed by atoms with Gasteiger partial charge >= 0.3 is 0 Å². The van der Waals surface area contributed by atoms with Crippen LogP contribution in [0.3, 0.4) is 0 Å². The van der Waals surface area contributed by atoms with Crippen LogP contribution in [0.15, 0.2) is 24.3 Å². The Morgan fingerprint density at radius 2 is 2.05 bits per heavy atom. The number of hydrogen-bond donors (Lipinski definition) is 1. The maximum absolute atomic E-state index is 12.5. The standard InChI is InChI=1S/C17H26N2O2/c1-17(2,13-18)9-5-6-10-19-11-12-21-15-8-4-3-7-14(15)16(19)20/h3-4,7-8H,5-6,9-13,18H2,1-2H3. The molecule has 1 aliphatic heterocycles. The summed E-state index contributed by atoms with van der Waals surface area (Å²) in [6.07, 6.45) is 3.20. The highest BCUT2D eigenvalue weighted by atomic mass is 16.5. The zero-order valence-corrected chi connectivity index (χ0v) is 13.1. The first-order chi connectivity index (χ1) is 10.0. The van der Waals surface area contributed by atoms with Crippen LogP contribution in [0.1, 0.15) is 43.5 Å². The van der Waals surface area contributed by atoms with Crippen LogP contribution < -0.4 is 10.5 Å². The SMILES string of the molecule is CC(C)(CN)CCCCN1CCOc2ccccc2C1=O. The van der Waals surface area contributed by atoms with Gasteiger partial charge in [0.25, 0.3) is 5.91 Å². The number of carbonyl (C=O) groups excluding carboxylic acids is 1. The third-order valence-electron chi connectivity index (χ3n) is 4.11. The Balaban J connectivity index is 1.88. The molecule has 0 saturated heterocycles. The van der Waals surface area contributed by atoms with Gasteiger partial charge in [-0.15, -0.1) is 0 Å². The Bertz CT molecular complexity index is 485. The molecule has 0 unspecified atom stereocenters. The molecule has 0 atom stereocenters. The van der Waals surface area contributed by atoms with Gasteiger partial charge in [0.15, 0.2) is 0 Å². The van der Waals surface area contributed by atoms with Crippen LogP contribution in [-0.4, -0.2) is 37.0 Å². The zero-order valence-electron chi connectivity index (χ0n) is 13.1. The third kappa shape index (κ3) is 4.21. The Hall–Kier alpha value is -1.55. The average molecular weight is 290 g/mol. The molecule has 0 aliphatic carbocycles. The molecule has 2 rings (SSSR count). The number of nitrogens with two attached hydrogens (primary N) is 1. The summed E-state index contributed by atoms with van der Waals surface area (Å²) in [4.78, 5) is 14.4. The zero-order chi connectivity index (χ0) is 15.3. The second-order valence-electron chi connectivity index (χ2n) is 6.46. The number of rotatable bonds is 6. The lowest BCUT2D eigenvalue weighted by Crippen LogP contribution is -2.33. The van der Waals surface area contributed by atoms with E-state index in [-0.39, 0.29) is 11.3 Å². The molecular formula is C17H26N2O2. The van der Waals surface area contributed by atoms with Crippen molar-refractivity contribution in [1.29, 1.82) is 0 Å². The molecule has 1 aromatic rings. The van der Waals surface area contributed by atoms with E-state index in [0.29, 0.717) is 31.0 Å². The van der Waals surface area contributed by atoms with Gasteiger partial charge in [-0.3, -0.25) is 4.79 Å². The first-order valence-corrected chi connectivity index (χ1v) is 7.75. The second-order valence-corrected chi connectivity index (χ2v) is 6.46. The number of unbranched alkanes of at least 4 members (excludes halogenated alkanes) is 1. The molecule has 4 heteroatoms. The largest absolute Gasteiger partial charge is 0.491 e. The van der Waals surface area contributed by atoms with E-state index in [1.807, 2.05) is 29.2 Å². The summed E-state index contributed by atoms with van der Waals surface area (Å²) in [5.74, 6) is 0.787. The molecule has 0 radical (unpaired) electrons. The van der Waals surface area contributed by atoms with Gasteiger partial charge in [0.05, 0.1) is 12.1 Å². The molecule has 4 nitrogen and oxygen atoms in total. The van der Waals surface area contributed by atoms with Crippen LogP contribution in [0.5, 0.6) is 5.75 Å². The minimum Gasteiger partial charge on any atom is -0.491 e. The molecular weight excluding hydrogens is 264 g/mol. The summed E-state index contributed by atoms with van der Waals surface area (Å²) in [6.45, 7) is 7.10. The van der Waals surface area contributed by atoms with Gasteiger partial charge in [0, 0.05) is 6.54 Å². The molecule has 1 heterocycles. The van der Waals surface area contributed by atoms with E-state index >= 15 is 0 Å². The molecule has 2 N–H and O–H groups in total. The summed E-state index contributed by atoms with van der Waals surface area (Å²) in [5, 5.41) is 0. The summed E-state index contributed by atoms with van der Waals surface area (Å²) in [7, 11) is 0. The van der Waals surface area contributed by atoms with Crippen molar-refractivity contribution in [2.24, 2.45) is 11.1 Å². The van der Waals surface area contributed by atoms with Crippen molar-refractivity contribution in [2.45, 2.75) is 33.1 Å². The highest BCUT2D eigenvalue weighted by Crippen LogP contribution is 2.24. The van der Waals surface area contributed by atoms with E-state index in [9.17, 15) is 4.79 Å². The van der Waals surface area contributed by atoms with Crippen molar-refractivity contribution in [3.05, 3.63) is 29.8 Å². The first kappa shape index (κ1) is 15.8.